The van der Waals surface area contributed by atoms with Crippen molar-refractivity contribution in [3.63, 3.8) is 0 Å². The lowest BCUT2D eigenvalue weighted by molar-refractivity contribution is 0.0945. The smallest absolute Gasteiger partial charge is 0.283 e. The summed E-state index contributed by atoms with van der Waals surface area (Å²) >= 11 is 3.27. The van der Waals surface area contributed by atoms with Crippen molar-refractivity contribution in [2.75, 3.05) is 32.5 Å². The van der Waals surface area contributed by atoms with E-state index in [0.717, 1.165) is 6.54 Å². The molecule has 1 aromatic rings. The highest BCUT2D eigenvalue weighted by Gasteiger charge is 2.14. The van der Waals surface area contributed by atoms with Crippen molar-refractivity contribution in [1.29, 1.82) is 0 Å². The van der Waals surface area contributed by atoms with Crippen molar-refractivity contribution in [2.45, 2.75) is 26.0 Å². The number of nitrogens with zero attached hydrogens (tertiary/aromatic N) is 3. The Kier molecular flexibility index (Phi) is 5.51. The molecule has 0 spiro atoms. The van der Waals surface area contributed by atoms with Gasteiger partial charge in [0.2, 0.25) is 0 Å². The van der Waals surface area contributed by atoms with E-state index in [1.165, 1.54) is 4.68 Å². The van der Waals surface area contributed by atoms with Crippen molar-refractivity contribution in [3.05, 3.63) is 21.0 Å². The van der Waals surface area contributed by atoms with E-state index >= 15 is 0 Å². The van der Waals surface area contributed by atoms with Crippen molar-refractivity contribution in [1.82, 2.24) is 14.7 Å². The van der Waals surface area contributed by atoms with Crippen LogP contribution in [0.5, 0.6) is 0 Å². The van der Waals surface area contributed by atoms with Gasteiger partial charge in [0.25, 0.3) is 5.56 Å². The second-order valence-corrected chi connectivity index (χ2v) is 6.16. The summed E-state index contributed by atoms with van der Waals surface area (Å²) in [5.74, 6) is 0. The summed E-state index contributed by atoms with van der Waals surface area (Å²) in [5.41, 5.74) is -0.435. The number of halogens is 1. The maximum Gasteiger partial charge on any atom is 0.283 e. The molecule has 0 aliphatic rings. The van der Waals surface area contributed by atoms with E-state index in [0.29, 0.717) is 23.2 Å². The average Bonchev–Trinajstić information content (AvgIpc) is 2.28. The van der Waals surface area contributed by atoms with E-state index in [9.17, 15) is 9.90 Å². The molecule has 0 bridgehead atoms. The second-order valence-electron chi connectivity index (χ2n) is 5.37. The highest BCUT2D eigenvalue weighted by molar-refractivity contribution is 9.10. The van der Waals surface area contributed by atoms with E-state index in [1.54, 1.807) is 20.0 Å². The minimum Gasteiger partial charge on any atom is -0.389 e. The van der Waals surface area contributed by atoms with Gasteiger partial charge in [-0.2, -0.15) is 5.10 Å². The molecule has 108 valence electrons. The lowest BCUT2D eigenvalue weighted by Crippen LogP contribution is -2.32. The van der Waals surface area contributed by atoms with Crippen LogP contribution in [0.15, 0.2) is 15.5 Å². The fourth-order valence-electron chi connectivity index (χ4n) is 1.35. The predicted molar refractivity (Wildman–Crippen MR) is 79.5 cm³/mol. The zero-order chi connectivity index (χ0) is 14.6. The Hall–Kier alpha value is -0.920. The monoisotopic (exact) mass is 332 g/mol. The van der Waals surface area contributed by atoms with E-state index < -0.39 is 5.60 Å². The van der Waals surface area contributed by atoms with Gasteiger partial charge < -0.3 is 15.3 Å². The average molecular weight is 333 g/mol. The number of anilines is 1. The molecule has 7 heteroatoms. The molecule has 0 unspecified atom stereocenters. The molecule has 0 amide bonds. The summed E-state index contributed by atoms with van der Waals surface area (Å²) in [5, 5.41) is 16.8. The number of aliphatic hydroxyl groups is 1. The van der Waals surface area contributed by atoms with Gasteiger partial charge in [-0.05, 0) is 43.9 Å². The van der Waals surface area contributed by atoms with Gasteiger partial charge in [0.15, 0.2) is 0 Å². The lowest BCUT2D eigenvalue weighted by Gasteiger charge is -2.19. The molecule has 19 heavy (non-hydrogen) atoms. The van der Waals surface area contributed by atoms with Crippen LogP contribution in [0.1, 0.15) is 13.8 Å². The molecule has 2 N–H and O–H groups in total. The van der Waals surface area contributed by atoms with Crippen molar-refractivity contribution >= 4 is 21.6 Å². The molecule has 0 fully saturated rings. The van der Waals surface area contributed by atoms with Gasteiger partial charge in [-0.25, -0.2) is 4.68 Å². The predicted octanol–water partition coefficient (Wildman–Crippen LogP) is 0.750. The molecule has 1 aromatic heterocycles. The van der Waals surface area contributed by atoms with Gasteiger partial charge in [-0.1, -0.05) is 0 Å². The van der Waals surface area contributed by atoms with Gasteiger partial charge in [0.1, 0.15) is 4.47 Å². The molecule has 0 aliphatic carbocycles. The van der Waals surface area contributed by atoms with E-state index in [4.69, 9.17) is 0 Å². The first-order valence-electron chi connectivity index (χ1n) is 6.07. The molecular formula is C12H21BrN4O2. The summed E-state index contributed by atoms with van der Waals surface area (Å²) in [7, 11) is 3.89. The molecule has 0 saturated heterocycles. The molecule has 1 heterocycles. The Balaban J connectivity index is 2.83. The van der Waals surface area contributed by atoms with Crippen LogP contribution in [0.3, 0.4) is 0 Å². The van der Waals surface area contributed by atoms with Gasteiger partial charge >= 0.3 is 0 Å². The Morgan fingerprint density at radius 1 is 1.53 bits per heavy atom. The van der Waals surface area contributed by atoms with Gasteiger partial charge in [-0.15, -0.1) is 0 Å². The third-order valence-corrected chi connectivity index (χ3v) is 3.22. The highest BCUT2D eigenvalue weighted by Crippen LogP contribution is 2.17. The van der Waals surface area contributed by atoms with Crippen molar-refractivity contribution < 1.29 is 5.11 Å². The maximum atomic E-state index is 12.1. The Morgan fingerprint density at radius 3 is 2.68 bits per heavy atom. The summed E-state index contributed by atoms with van der Waals surface area (Å²) in [4.78, 5) is 14.0. The minimum absolute atomic E-state index is 0.178. The van der Waals surface area contributed by atoms with Crippen LogP contribution in [0.4, 0.5) is 5.69 Å². The quantitative estimate of drug-likeness (QED) is 0.804. The van der Waals surface area contributed by atoms with E-state index in [-0.39, 0.29) is 5.56 Å². The van der Waals surface area contributed by atoms with Crippen LogP contribution in [-0.2, 0) is 6.54 Å². The Labute approximate surface area is 121 Å². The standard InChI is InChI=1S/C12H21BrN4O2/c1-12(2,19)8-14-9-7-15-17(6-5-16(3)4)11(18)10(9)13/h7,14,19H,5-6,8H2,1-4H3. The number of hydrogen-bond acceptors (Lipinski definition) is 5. The minimum atomic E-state index is -0.848. The molecule has 0 aliphatic heterocycles. The fourth-order valence-corrected chi connectivity index (χ4v) is 1.80. The summed E-state index contributed by atoms with van der Waals surface area (Å²) in [6.07, 6.45) is 1.59. The van der Waals surface area contributed by atoms with Crippen molar-refractivity contribution in [3.8, 4) is 0 Å². The molecule has 0 saturated carbocycles. The summed E-state index contributed by atoms with van der Waals surface area (Å²) in [6.45, 7) is 5.01. The number of rotatable bonds is 6. The molecule has 6 nitrogen and oxygen atoms in total. The van der Waals surface area contributed by atoms with Gasteiger partial charge in [0.05, 0.1) is 24.0 Å². The second kappa shape index (κ2) is 6.49. The SMILES string of the molecule is CN(C)CCn1ncc(NCC(C)(C)O)c(Br)c1=O. The number of hydrogen-bond donors (Lipinski definition) is 2. The molecule has 0 aromatic carbocycles. The van der Waals surface area contributed by atoms with Gasteiger partial charge in [-0.3, -0.25) is 4.79 Å². The number of aromatic nitrogens is 2. The molecule has 0 atom stereocenters. The Bertz CT molecular complexity index is 480. The topological polar surface area (TPSA) is 70.4 Å². The molecule has 1 rings (SSSR count). The van der Waals surface area contributed by atoms with Crippen LogP contribution < -0.4 is 10.9 Å². The van der Waals surface area contributed by atoms with Crippen LogP contribution >= 0.6 is 15.9 Å². The normalized spacial score (nSPS) is 11.9. The number of nitrogens with one attached hydrogen (secondary N) is 1. The molecule has 0 radical (unpaired) electrons. The summed E-state index contributed by atoms with van der Waals surface area (Å²) in [6, 6.07) is 0. The third-order valence-electron chi connectivity index (χ3n) is 2.46. The van der Waals surface area contributed by atoms with Crippen LogP contribution in [0.25, 0.3) is 0 Å². The zero-order valence-electron chi connectivity index (χ0n) is 11.8. The largest absolute Gasteiger partial charge is 0.389 e. The zero-order valence-corrected chi connectivity index (χ0v) is 13.4. The van der Waals surface area contributed by atoms with Crippen LogP contribution in [0.2, 0.25) is 0 Å². The molecular weight excluding hydrogens is 312 g/mol. The summed E-state index contributed by atoms with van der Waals surface area (Å²) < 4.78 is 1.85. The van der Waals surface area contributed by atoms with Gasteiger partial charge in [0, 0.05) is 13.1 Å². The maximum absolute atomic E-state index is 12.1. The van der Waals surface area contributed by atoms with Crippen LogP contribution in [-0.4, -0.2) is 52.6 Å². The lowest BCUT2D eigenvalue weighted by atomic mass is 10.1. The highest BCUT2D eigenvalue weighted by atomic mass is 79.9. The third kappa shape index (κ3) is 5.30. The van der Waals surface area contributed by atoms with E-state index in [2.05, 4.69) is 26.3 Å². The van der Waals surface area contributed by atoms with E-state index in [1.807, 2.05) is 19.0 Å². The Morgan fingerprint density at radius 2 is 2.16 bits per heavy atom. The first kappa shape index (κ1) is 16.1. The van der Waals surface area contributed by atoms with Crippen LogP contribution in [0, 0.1) is 0 Å². The first-order chi connectivity index (χ1) is 8.70. The first-order valence-corrected chi connectivity index (χ1v) is 6.86. The fraction of sp³-hybridized carbons (Fsp3) is 0.667. The number of likely N-dealkylation sites (N-methyl/N-ethyl adjacent to an activating group) is 1. The van der Waals surface area contributed by atoms with Crippen molar-refractivity contribution in [2.24, 2.45) is 0 Å².